The quantitative estimate of drug-likeness (QED) is 0.392. The number of hydrogen-bond donors (Lipinski definition) is 3. The van der Waals surface area contributed by atoms with Crippen LogP contribution in [-0.4, -0.2) is 52.6 Å². The van der Waals surface area contributed by atoms with Gasteiger partial charge in [0.25, 0.3) is 0 Å². The van der Waals surface area contributed by atoms with E-state index >= 15 is 0 Å². The summed E-state index contributed by atoms with van der Waals surface area (Å²) in [6, 6.07) is 14.5. The summed E-state index contributed by atoms with van der Waals surface area (Å²) in [6.07, 6.45) is 3.76. The van der Waals surface area contributed by atoms with E-state index in [1.54, 1.807) is 6.20 Å². The van der Waals surface area contributed by atoms with Crippen LogP contribution in [0.5, 0.6) is 5.75 Å². The topological polar surface area (TPSA) is 93.3 Å². The van der Waals surface area contributed by atoms with Gasteiger partial charge in [0, 0.05) is 42.6 Å². The van der Waals surface area contributed by atoms with Crippen LogP contribution in [0, 0.1) is 0 Å². The van der Waals surface area contributed by atoms with Crippen LogP contribution >= 0.6 is 0 Å². The smallest absolute Gasteiger partial charge is 0.406 e. The molecule has 2 fully saturated rings. The van der Waals surface area contributed by atoms with Gasteiger partial charge >= 0.3 is 6.36 Å². The summed E-state index contributed by atoms with van der Waals surface area (Å²) in [5.74, 6) is 0.366. The molecule has 2 heterocycles. The van der Waals surface area contributed by atoms with Crippen LogP contribution in [0.1, 0.15) is 38.5 Å². The van der Waals surface area contributed by atoms with Crippen LogP contribution in [-0.2, 0) is 0 Å². The summed E-state index contributed by atoms with van der Waals surface area (Å²) < 4.78 is 42.7. The Labute approximate surface area is 214 Å². The predicted molar refractivity (Wildman–Crippen MR) is 137 cm³/mol. The van der Waals surface area contributed by atoms with Gasteiger partial charge in [0.05, 0.1) is 11.9 Å². The Balaban J connectivity index is 1.20. The normalized spacial score (nSPS) is 22.6. The van der Waals surface area contributed by atoms with Gasteiger partial charge in [-0.15, -0.1) is 18.3 Å². The third-order valence-electron chi connectivity index (χ3n) is 7.06. The van der Waals surface area contributed by atoms with Gasteiger partial charge < -0.3 is 26.0 Å². The van der Waals surface area contributed by atoms with E-state index in [2.05, 4.69) is 42.7 Å². The maximum Gasteiger partial charge on any atom is 0.573 e. The molecule has 8 nitrogen and oxygen atoms in total. The zero-order valence-corrected chi connectivity index (χ0v) is 20.5. The number of nitrogens with zero attached hydrogens (tertiary/aromatic N) is 4. The lowest BCUT2D eigenvalue weighted by Gasteiger charge is -2.40. The maximum atomic E-state index is 12.4. The van der Waals surface area contributed by atoms with Gasteiger partial charge in [0.15, 0.2) is 5.82 Å². The monoisotopic (exact) mass is 515 g/mol. The molecule has 4 N–H and O–H groups in total. The van der Waals surface area contributed by atoms with Crippen LogP contribution in [0.4, 0.5) is 30.4 Å². The molecular weight excluding hydrogens is 483 g/mol. The number of nitrogens with one attached hydrogen (secondary N) is 2. The van der Waals surface area contributed by atoms with Crippen LogP contribution < -0.4 is 26.0 Å². The lowest BCUT2D eigenvalue weighted by molar-refractivity contribution is -0.274. The molecule has 1 aliphatic carbocycles. The van der Waals surface area contributed by atoms with Gasteiger partial charge in [-0.05, 0) is 74.2 Å². The minimum atomic E-state index is -4.72. The Kier molecular flexibility index (Phi) is 7.40. The number of nitrogen functional groups attached to an aromatic ring is 1. The highest BCUT2D eigenvalue weighted by molar-refractivity contribution is 5.53. The Morgan fingerprint density at radius 2 is 1.59 bits per heavy atom. The first-order chi connectivity index (χ1) is 17.8. The fourth-order valence-electron chi connectivity index (χ4n) is 5.29. The third-order valence-corrected chi connectivity index (χ3v) is 7.06. The molecule has 1 aromatic heterocycles. The van der Waals surface area contributed by atoms with Crippen LogP contribution in [0.25, 0.3) is 5.69 Å². The SMILES string of the molecule is Nc1ccc(N2CCC[C@H](N[C@@H]3CCCC[C@H]3Nc3cn(-c4ccc(OC(F)(F)F)cc4)nn3)C2)cc1. The molecule has 198 valence electrons. The molecule has 0 spiro atoms. The molecule has 0 bridgehead atoms. The maximum absolute atomic E-state index is 12.4. The molecule has 0 unspecified atom stereocenters. The molecule has 37 heavy (non-hydrogen) atoms. The van der Waals surface area contributed by atoms with Gasteiger partial charge in [-0.3, -0.25) is 0 Å². The highest BCUT2D eigenvalue weighted by atomic mass is 19.4. The number of ether oxygens (including phenoxy) is 1. The Morgan fingerprint density at radius 3 is 2.32 bits per heavy atom. The molecule has 1 aliphatic heterocycles. The van der Waals surface area contributed by atoms with E-state index in [1.807, 2.05) is 12.1 Å². The number of piperidine rings is 1. The van der Waals surface area contributed by atoms with Gasteiger partial charge in [0.2, 0.25) is 0 Å². The average molecular weight is 516 g/mol. The van der Waals surface area contributed by atoms with E-state index < -0.39 is 6.36 Å². The van der Waals surface area contributed by atoms with Gasteiger partial charge in [0.1, 0.15) is 5.75 Å². The summed E-state index contributed by atoms with van der Waals surface area (Å²) >= 11 is 0. The van der Waals surface area contributed by atoms with Crippen LogP contribution in [0.3, 0.4) is 0 Å². The lowest BCUT2D eigenvalue weighted by Crippen LogP contribution is -2.54. The molecular formula is C26H32F3N7O. The van der Waals surface area contributed by atoms with Crippen molar-refractivity contribution in [1.82, 2.24) is 20.3 Å². The Morgan fingerprint density at radius 1 is 0.892 bits per heavy atom. The van der Waals surface area contributed by atoms with Crippen molar-refractivity contribution in [2.45, 2.75) is 63.0 Å². The molecule has 1 saturated heterocycles. The summed E-state index contributed by atoms with van der Waals surface area (Å²) in [7, 11) is 0. The zero-order valence-electron chi connectivity index (χ0n) is 20.5. The summed E-state index contributed by atoms with van der Waals surface area (Å²) in [5, 5.41) is 15.9. The second kappa shape index (κ2) is 10.9. The minimum Gasteiger partial charge on any atom is -0.406 e. The predicted octanol–water partition coefficient (Wildman–Crippen LogP) is 4.73. The highest BCUT2D eigenvalue weighted by Crippen LogP contribution is 2.27. The van der Waals surface area contributed by atoms with E-state index in [-0.39, 0.29) is 11.8 Å². The number of alkyl halides is 3. The average Bonchev–Trinajstić information content (AvgIpc) is 3.34. The minimum absolute atomic E-state index is 0.216. The van der Waals surface area contributed by atoms with Gasteiger partial charge in [-0.25, -0.2) is 4.68 Å². The number of halogens is 3. The van der Waals surface area contributed by atoms with Crippen molar-refractivity contribution in [3.63, 3.8) is 0 Å². The fourth-order valence-corrected chi connectivity index (χ4v) is 5.29. The fraction of sp³-hybridized carbons (Fsp3) is 0.462. The van der Waals surface area contributed by atoms with Crippen molar-refractivity contribution >= 4 is 17.2 Å². The van der Waals surface area contributed by atoms with Crippen molar-refractivity contribution < 1.29 is 17.9 Å². The van der Waals surface area contributed by atoms with E-state index in [0.717, 1.165) is 50.9 Å². The molecule has 2 aromatic carbocycles. The number of nitrogens with two attached hydrogens (primary N) is 1. The van der Waals surface area contributed by atoms with Crippen molar-refractivity contribution in [2.24, 2.45) is 0 Å². The Hall–Kier alpha value is -3.47. The molecule has 5 rings (SSSR count). The second-order valence-electron chi connectivity index (χ2n) is 9.78. The van der Waals surface area contributed by atoms with Crippen molar-refractivity contribution in [1.29, 1.82) is 0 Å². The first-order valence-corrected chi connectivity index (χ1v) is 12.7. The van der Waals surface area contributed by atoms with Gasteiger partial charge in [-0.1, -0.05) is 18.1 Å². The summed E-state index contributed by atoms with van der Waals surface area (Å²) in [6.45, 7) is 2.00. The molecule has 2 aliphatic rings. The van der Waals surface area contributed by atoms with E-state index in [9.17, 15) is 13.2 Å². The standard InChI is InChI=1S/C26H32F3N7O/c27-26(28,29)37-22-13-11-21(12-14-22)36-17-25(33-34-36)32-24-6-2-1-5-23(24)31-19-4-3-15-35(16-19)20-9-7-18(30)8-10-20/h7-14,17,19,23-24,31-32H,1-6,15-16,30H2/t19-,23+,24+/m0/s1. The lowest BCUT2D eigenvalue weighted by atomic mass is 9.89. The van der Waals surface area contributed by atoms with E-state index in [0.29, 0.717) is 23.6 Å². The van der Waals surface area contributed by atoms with Crippen LogP contribution in [0.2, 0.25) is 0 Å². The molecule has 3 atom stereocenters. The second-order valence-corrected chi connectivity index (χ2v) is 9.78. The van der Waals surface area contributed by atoms with E-state index in [4.69, 9.17) is 5.73 Å². The third kappa shape index (κ3) is 6.65. The highest BCUT2D eigenvalue weighted by Gasteiger charge is 2.31. The summed E-state index contributed by atoms with van der Waals surface area (Å²) in [4.78, 5) is 2.42. The largest absolute Gasteiger partial charge is 0.573 e. The first kappa shape index (κ1) is 25.2. The first-order valence-electron chi connectivity index (χ1n) is 12.7. The van der Waals surface area contributed by atoms with Crippen molar-refractivity contribution in [3.8, 4) is 11.4 Å². The number of hydrogen-bond acceptors (Lipinski definition) is 7. The summed E-state index contributed by atoms with van der Waals surface area (Å²) in [5.41, 5.74) is 8.43. The molecule has 11 heteroatoms. The van der Waals surface area contributed by atoms with Crippen LogP contribution in [0.15, 0.2) is 54.7 Å². The number of benzene rings is 2. The Bertz CT molecular complexity index is 1150. The molecule has 0 radical (unpaired) electrons. The number of rotatable bonds is 7. The van der Waals surface area contributed by atoms with Gasteiger partial charge in [-0.2, -0.15) is 0 Å². The molecule has 0 amide bonds. The molecule has 1 saturated carbocycles. The zero-order chi connectivity index (χ0) is 25.8. The number of anilines is 3. The molecule has 3 aromatic rings. The van der Waals surface area contributed by atoms with Crippen molar-refractivity contribution in [2.75, 3.05) is 29.0 Å². The van der Waals surface area contributed by atoms with E-state index in [1.165, 1.54) is 41.1 Å². The van der Waals surface area contributed by atoms with Crippen molar-refractivity contribution in [3.05, 3.63) is 54.7 Å². The number of aromatic nitrogens is 3.